The standard InChI is InChI=1S/C24H30FN3O2S/c1-18(31-17-23(29)26-21-10-8-20(25)9-11-21)24(30)27(2)16-19-6-12-22(13-7-19)28-14-4-3-5-15-28/h6-13,18H,3-5,14-17H2,1-2H3,(H,26,29). The Morgan fingerprint density at radius 2 is 1.71 bits per heavy atom. The van der Waals surface area contributed by atoms with Gasteiger partial charge in [0.05, 0.1) is 11.0 Å². The average molecular weight is 444 g/mol. The second-order valence-electron chi connectivity index (χ2n) is 7.92. The highest BCUT2D eigenvalue weighted by Gasteiger charge is 2.19. The number of halogens is 1. The van der Waals surface area contributed by atoms with Gasteiger partial charge >= 0.3 is 0 Å². The fourth-order valence-electron chi connectivity index (χ4n) is 3.63. The molecule has 0 aliphatic carbocycles. The van der Waals surface area contributed by atoms with Crippen LogP contribution < -0.4 is 10.2 Å². The number of benzene rings is 2. The number of anilines is 2. The van der Waals surface area contributed by atoms with Gasteiger partial charge in [-0.2, -0.15) is 0 Å². The molecule has 1 N–H and O–H groups in total. The van der Waals surface area contributed by atoms with E-state index < -0.39 is 0 Å². The highest BCUT2D eigenvalue weighted by molar-refractivity contribution is 8.01. The molecule has 7 heteroatoms. The molecular weight excluding hydrogens is 413 g/mol. The van der Waals surface area contributed by atoms with Gasteiger partial charge < -0.3 is 15.1 Å². The predicted molar refractivity (Wildman–Crippen MR) is 126 cm³/mol. The Morgan fingerprint density at radius 3 is 2.35 bits per heavy atom. The van der Waals surface area contributed by atoms with Gasteiger partial charge in [-0.05, 0) is 68.1 Å². The van der Waals surface area contributed by atoms with E-state index in [0.29, 0.717) is 12.2 Å². The van der Waals surface area contributed by atoms with Gasteiger partial charge in [-0.25, -0.2) is 4.39 Å². The Morgan fingerprint density at radius 1 is 1.06 bits per heavy atom. The van der Waals surface area contributed by atoms with Crippen LogP contribution in [0.4, 0.5) is 15.8 Å². The van der Waals surface area contributed by atoms with Crippen LogP contribution in [0, 0.1) is 5.82 Å². The largest absolute Gasteiger partial charge is 0.372 e. The van der Waals surface area contributed by atoms with Crippen molar-refractivity contribution in [3.63, 3.8) is 0 Å². The van der Waals surface area contributed by atoms with Gasteiger partial charge in [-0.3, -0.25) is 9.59 Å². The summed E-state index contributed by atoms with van der Waals surface area (Å²) in [5.74, 6) is -0.425. The molecule has 2 aromatic rings. The van der Waals surface area contributed by atoms with E-state index in [1.807, 2.05) is 6.92 Å². The SMILES string of the molecule is CC(SCC(=O)Nc1ccc(F)cc1)C(=O)N(C)Cc1ccc(N2CCCCC2)cc1. The van der Waals surface area contributed by atoms with E-state index in [1.165, 1.54) is 61.0 Å². The van der Waals surface area contributed by atoms with Gasteiger partial charge in [0.25, 0.3) is 0 Å². The lowest BCUT2D eigenvalue weighted by Crippen LogP contribution is -2.33. The first-order chi connectivity index (χ1) is 14.9. The number of amides is 2. The van der Waals surface area contributed by atoms with E-state index in [4.69, 9.17) is 0 Å². The summed E-state index contributed by atoms with van der Waals surface area (Å²) in [7, 11) is 1.79. The summed E-state index contributed by atoms with van der Waals surface area (Å²) >= 11 is 1.29. The molecule has 1 heterocycles. The van der Waals surface area contributed by atoms with Gasteiger partial charge in [-0.15, -0.1) is 11.8 Å². The number of rotatable bonds is 8. The molecule has 0 saturated carbocycles. The lowest BCUT2D eigenvalue weighted by molar-refractivity contribution is -0.129. The molecule has 5 nitrogen and oxygen atoms in total. The van der Waals surface area contributed by atoms with Crippen LogP contribution in [0.25, 0.3) is 0 Å². The summed E-state index contributed by atoms with van der Waals surface area (Å²) in [5, 5.41) is 2.37. The fourth-order valence-corrected chi connectivity index (χ4v) is 4.42. The molecule has 0 radical (unpaired) electrons. The first kappa shape index (κ1) is 23.1. The summed E-state index contributed by atoms with van der Waals surface area (Å²) in [4.78, 5) is 28.9. The lowest BCUT2D eigenvalue weighted by Gasteiger charge is -2.29. The Hall–Kier alpha value is -2.54. The number of hydrogen-bond donors (Lipinski definition) is 1. The van der Waals surface area contributed by atoms with Crippen LogP contribution in [-0.4, -0.2) is 47.9 Å². The fraction of sp³-hybridized carbons (Fsp3) is 0.417. The van der Waals surface area contributed by atoms with Crippen molar-refractivity contribution in [1.29, 1.82) is 0 Å². The lowest BCUT2D eigenvalue weighted by atomic mass is 10.1. The molecule has 1 aliphatic heterocycles. The van der Waals surface area contributed by atoms with Crippen LogP contribution >= 0.6 is 11.8 Å². The predicted octanol–water partition coefficient (Wildman–Crippen LogP) is 4.53. The van der Waals surface area contributed by atoms with E-state index in [-0.39, 0.29) is 28.6 Å². The smallest absolute Gasteiger partial charge is 0.235 e. The molecule has 0 bridgehead atoms. The zero-order chi connectivity index (χ0) is 22.2. The van der Waals surface area contributed by atoms with Crippen LogP contribution in [0.2, 0.25) is 0 Å². The molecule has 1 aliphatic rings. The van der Waals surface area contributed by atoms with Gasteiger partial charge in [-0.1, -0.05) is 12.1 Å². The van der Waals surface area contributed by atoms with E-state index in [0.717, 1.165) is 18.7 Å². The van der Waals surface area contributed by atoms with Crippen LogP contribution in [-0.2, 0) is 16.1 Å². The molecule has 1 fully saturated rings. The molecule has 31 heavy (non-hydrogen) atoms. The maximum atomic E-state index is 12.9. The number of nitrogens with zero attached hydrogens (tertiary/aromatic N) is 2. The molecule has 166 valence electrons. The van der Waals surface area contributed by atoms with Crippen molar-refractivity contribution in [2.75, 3.05) is 36.1 Å². The van der Waals surface area contributed by atoms with Crippen LogP contribution in [0.3, 0.4) is 0 Å². The summed E-state index contributed by atoms with van der Waals surface area (Å²) in [6.45, 7) is 4.57. The summed E-state index contributed by atoms with van der Waals surface area (Å²) < 4.78 is 12.9. The summed E-state index contributed by atoms with van der Waals surface area (Å²) in [6.07, 6.45) is 3.80. The van der Waals surface area contributed by atoms with E-state index in [1.54, 1.807) is 11.9 Å². The first-order valence-corrected chi connectivity index (χ1v) is 11.7. The van der Waals surface area contributed by atoms with Crippen molar-refractivity contribution in [1.82, 2.24) is 4.90 Å². The van der Waals surface area contributed by atoms with Gasteiger partial charge in [0.15, 0.2) is 0 Å². The molecule has 0 spiro atoms. The Labute approximate surface area is 188 Å². The van der Waals surface area contributed by atoms with Gasteiger partial charge in [0.2, 0.25) is 11.8 Å². The maximum absolute atomic E-state index is 12.9. The van der Waals surface area contributed by atoms with Crippen molar-refractivity contribution in [2.24, 2.45) is 0 Å². The molecule has 1 saturated heterocycles. The van der Waals surface area contributed by atoms with Gasteiger partial charge in [0, 0.05) is 38.1 Å². The summed E-state index contributed by atoms with van der Waals surface area (Å²) in [6, 6.07) is 14.1. The zero-order valence-corrected chi connectivity index (χ0v) is 19.0. The van der Waals surface area contributed by atoms with Crippen molar-refractivity contribution in [3.8, 4) is 0 Å². The molecule has 2 amide bonds. The number of carbonyl (C=O) groups excluding carboxylic acids is 2. The monoisotopic (exact) mass is 443 g/mol. The Kier molecular flexibility index (Phi) is 8.35. The molecule has 1 unspecified atom stereocenters. The van der Waals surface area contributed by atoms with Crippen LogP contribution in [0.5, 0.6) is 0 Å². The minimum absolute atomic E-state index is 0.0142. The van der Waals surface area contributed by atoms with Crippen LogP contribution in [0.15, 0.2) is 48.5 Å². The third-order valence-corrected chi connectivity index (χ3v) is 6.52. The highest BCUT2D eigenvalue weighted by Crippen LogP contribution is 2.21. The minimum Gasteiger partial charge on any atom is -0.372 e. The third-order valence-electron chi connectivity index (χ3n) is 5.39. The minimum atomic E-state index is -0.351. The zero-order valence-electron chi connectivity index (χ0n) is 18.1. The second kappa shape index (κ2) is 11.2. The van der Waals surface area contributed by atoms with E-state index in [2.05, 4.69) is 34.5 Å². The van der Waals surface area contributed by atoms with E-state index >= 15 is 0 Å². The third kappa shape index (κ3) is 6.99. The first-order valence-electron chi connectivity index (χ1n) is 10.7. The molecule has 1 atom stereocenters. The van der Waals surface area contributed by atoms with Crippen molar-refractivity contribution < 1.29 is 14.0 Å². The maximum Gasteiger partial charge on any atom is 0.235 e. The normalized spacial score (nSPS) is 14.7. The molecule has 3 rings (SSSR count). The average Bonchev–Trinajstić information content (AvgIpc) is 2.79. The second-order valence-corrected chi connectivity index (χ2v) is 9.25. The molecular formula is C24H30FN3O2S. The Balaban J connectivity index is 1.44. The van der Waals surface area contributed by atoms with Crippen molar-refractivity contribution in [2.45, 2.75) is 38.0 Å². The number of piperidine rings is 1. The van der Waals surface area contributed by atoms with Crippen LogP contribution in [0.1, 0.15) is 31.7 Å². The molecule has 2 aromatic carbocycles. The molecule has 0 aromatic heterocycles. The number of thioether (sulfide) groups is 1. The van der Waals surface area contributed by atoms with Gasteiger partial charge in [0.1, 0.15) is 5.82 Å². The summed E-state index contributed by atoms with van der Waals surface area (Å²) in [5.41, 5.74) is 2.87. The highest BCUT2D eigenvalue weighted by atomic mass is 32.2. The van der Waals surface area contributed by atoms with E-state index in [9.17, 15) is 14.0 Å². The quantitative estimate of drug-likeness (QED) is 0.651. The number of nitrogens with one attached hydrogen (secondary N) is 1. The topological polar surface area (TPSA) is 52.7 Å². The van der Waals surface area contributed by atoms with Crippen molar-refractivity contribution in [3.05, 3.63) is 59.9 Å². The van der Waals surface area contributed by atoms with Crippen molar-refractivity contribution >= 4 is 35.0 Å². The number of carbonyl (C=O) groups is 2. The Bertz CT molecular complexity index is 867. The number of hydrogen-bond acceptors (Lipinski definition) is 4.